The first-order valence-corrected chi connectivity index (χ1v) is 12.6. The fourth-order valence-corrected chi connectivity index (χ4v) is 5.64. The highest BCUT2D eigenvalue weighted by molar-refractivity contribution is 7.20. The molecular formula is C27H24N2O6S. The van der Waals surface area contributed by atoms with Crippen LogP contribution in [0.3, 0.4) is 0 Å². The number of carbonyl (C=O) groups is 3. The molecule has 2 aromatic heterocycles. The van der Waals surface area contributed by atoms with Crippen molar-refractivity contribution < 1.29 is 28.3 Å². The summed E-state index contributed by atoms with van der Waals surface area (Å²) >= 11 is 1.34. The second kappa shape index (κ2) is 9.94. The number of nitrogens with one attached hydrogen (secondary N) is 1. The Labute approximate surface area is 211 Å². The molecule has 1 aliphatic carbocycles. The van der Waals surface area contributed by atoms with Crippen molar-refractivity contribution in [3.63, 3.8) is 0 Å². The minimum absolute atomic E-state index is 0.220. The molecule has 1 unspecified atom stereocenters. The molecule has 36 heavy (non-hydrogen) atoms. The van der Waals surface area contributed by atoms with Crippen LogP contribution in [0.4, 0.5) is 5.00 Å². The van der Waals surface area contributed by atoms with Gasteiger partial charge in [0.1, 0.15) is 10.5 Å². The van der Waals surface area contributed by atoms with E-state index < -0.39 is 23.9 Å². The predicted molar refractivity (Wildman–Crippen MR) is 135 cm³/mol. The molecule has 0 radical (unpaired) electrons. The van der Waals surface area contributed by atoms with Gasteiger partial charge in [0, 0.05) is 4.88 Å². The highest BCUT2D eigenvalue weighted by atomic mass is 32.1. The molecular weight excluding hydrogens is 480 g/mol. The lowest BCUT2D eigenvalue weighted by Gasteiger charge is -2.17. The summed E-state index contributed by atoms with van der Waals surface area (Å²) in [7, 11) is 0. The Kier molecular flexibility index (Phi) is 6.56. The summed E-state index contributed by atoms with van der Waals surface area (Å²) < 4.78 is 16.1. The maximum atomic E-state index is 13.2. The fraction of sp³-hybridized carbons (Fsp3) is 0.259. The molecule has 0 fully saturated rings. The van der Waals surface area contributed by atoms with Crippen LogP contribution < -0.4 is 5.32 Å². The van der Waals surface area contributed by atoms with Crippen LogP contribution in [0.15, 0.2) is 53.3 Å². The van der Waals surface area contributed by atoms with Gasteiger partial charge in [0.15, 0.2) is 18.1 Å². The first-order chi connectivity index (χ1) is 17.5. The highest BCUT2D eigenvalue weighted by Gasteiger charge is 2.31. The summed E-state index contributed by atoms with van der Waals surface area (Å²) in [5.41, 5.74) is 4.81. The molecule has 0 aliphatic heterocycles. The van der Waals surface area contributed by atoms with Gasteiger partial charge >= 0.3 is 11.9 Å². The Bertz CT molecular complexity index is 1470. The zero-order chi connectivity index (χ0) is 25.2. The topological polar surface area (TPSA) is 108 Å². The van der Waals surface area contributed by atoms with Crippen molar-refractivity contribution in [1.82, 2.24) is 4.98 Å². The number of aryl methyl sites for hydroxylation is 1. The van der Waals surface area contributed by atoms with E-state index in [2.05, 4.69) is 16.4 Å². The van der Waals surface area contributed by atoms with Gasteiger partial charge in [-0.2, -0.15) is 0 Å². The molecule has 0 spiro atoms. The van der Waals surface area contributed by atoms with E-state index >= 15 is 0 Å². The Balaban J connectivity index is 1.41. The SMILES string of the molecule is CCOC(=O)c1c(NC(=O)C(CC)OC(=O)c2ccc3ncoc3c2)sc2c1CCc1ccccc1-2. The van der Waals surface area contributed by atoms with E-state index in [1.54, 1.807) is 26.0 Å². The van der Waals surface area contributed by atoms with Crippen LogP contribution in [-0.4, -0.2) is 35.5 Å². The van der Waals surface area contributed by atoms with Gasteiger partial charge in [-0.3, -0.25) is 4.79 Å². The predicted octanol–water partition coefficient (Wildman–Crippen LogP) is 5.41. The van der Waals surface area contributed by atoms with Crippen molar-refractivity contribution >= 4 is 45.3 Å². The number of esters is 2. The van der Waals surface area contributed by atoms with Gasteiger partial charge in [-0.05, 0) is 61.1 Å². The number of aromatic nitrogens is 1. The van der Waals surface area contributed by atoms with Gasteiger partial charge in [0.2, 0.25) is 0 Å². The Morgan fingerprint density at radius 3 is 2.75 bits per heavy atom. The molecule has 1 N–H and O–H groups in total. The number of nitrogens with zero attached hydrogens (tertiary/aromatic N) is 1. The molecule has 0 saturated heterocycles. The molecule has 8 nitrogen and oxygen atoms in total. The first-order valence-electron chi connectivity index (χ1n) is 11.8. The van der Waals surface area contributed by atoms with Gasteiger partial charge in [0.25, 0.3) is 5.91 Å². The van der Waals surface area contributed by atoms with Gasteiger partial charge in [0.05, 0.1) is 17.7 Å². The number of hydrogen-bond acceptors (Lipinski definition) is 8. The Morgan fingerprint density at radius 1 is 1.11 bits per heavy atom. The number of ether oxygens (including phenoxy) is 2. The largest absolute Gasteiger partial charge is 0.462 e. The summed E-state index contributed by atoms with van der Waals surface area (Å²) in [6.07, 6.45) is 1.96. The minimum atomic E-state index is -1.05. The average molecular weight is 505 g/mol. The number of thiophene rings is 1. The Hall–Kier alpha value is -3.98. The highest BCUT2D eigenvalue weighted by Crippen LogP contribution is 2.45. The summed E-state index contributed by atoms with van der Waals surface area (Å²) in [5, 5.41) is 3.24. The summed E-state index contributed by atoms with van der Waals surface area (Å²) in [6.45, 7) is 3.71. The molecule has 2 aromatic carbocycles. The van der Waals surface area contributed by atoms with E-state index in [1.165, 1.54) is 29.4 Å². The third kappa shape index (κ3) is 4.37. The van der Waals surface area contributed by atoms with Crippen LogP contribution in [0.2, 0.25) is 0 Å². The monoisotopic (exact) mass is 504 g/mol. The van der Waals surface area contributed by atoms with Gasteiger partial charge < -0.3 is 19.2 Å². The molecule has 0 bridgehead atoms. The van der Waals surface area contributed by atoms with Gasteiger partial charge in [-0.25, -0.2) is 14.6 Å². The first kappa shape index (κ1) is 23.7. The molecule has 5 rings (SSSR count). The lowest BCUT2D eigenvalue weighted by Crippen LogP contribution is -2.32. The molecule has 184 valence electrons. The number of rotatable bonds is 7. The van der Waals surface area contributed by atoms with E-state index in [-0.39, 0.29) is 18.6 Å². The van der Waals surface area contributed by atoms with Crippen molar-refractivity contribution in [2.75, 3.05) is 11.9 Å². The number of hydrogen-bond donors (Lipinski definition) is 1. The van der Waals surface area contributed by atoms with Crippen molar-refractivity contribution in [2.45, 2.75) is 39.2 Å². The van der Waals surface area contributed by atoms with E-state index in [1.807, 2.05) is 18.2 Å². The quantitative estimate of drug-likeness (QED) is 0.336. The average Bonchev–Trinajstić information content (AvgIpc) is 3.51. The van der Waals surface area contributed by atoms with Gasteiger partial charge in [-0.15, -0.1) is 11.3 Å². The molecule has 9 heteroatoms. The smallest absolute Gasteiger partial charge is 0.341 e. The number of oxazole rings is 1. The molecule has 2 heterocycles. The van der Waals surface area contributed by atoms with E-state index in [9.17, 15) is 14.4 Å². The third-order valence-electron chi connectivity index (χ3n) is 6.11. The number of carbonyl (C=O) groups excluding carboxylic acids is 3. The number of fused-ring (bicyclic) bond motifs is 4. The van der Waals surface area contributed by atoms with Crippen LogP contribution >= 0.6 is 11.3 Å². The van der Waals surface area contributed by atoms with Crippen LogP contribution in [0.5, 0.6) is 0 Å². The standard InChI is InChI=1S/C27H24N2O6S/c1-3-20(35-26(31)16-10-12-19-21(13-16)34-14-28-19)24(30)29-25-22(27(32)33-4-2)18-11-9-15-7-5-6-8-17(15)23(18)36-25/h5-8,10,12-14,20H,3-4,9,11H2,1-2H3,(H,29,30). The number of anilines is 1. The zero-order valence-corrected chi connectivity index (χ0v) is 20.6. The second-order valence-corrected chi connectivity index (χ2v) is 9.34. The van der Waals surface area contributed by atoms with E-state index in [0.717, 1.165) is 22.4 Å². The molecule has 4 aromatic rings. The van der Waals surface area contributed by atoms with Crippen LogP contribution in [0.25, 0.3) is 21.5 Å². The summed E-state index contributed by atoms with van der Waals surface area (Å²) in [4.78, 5) is 43.9. The lowest BCUT2D eigenvalue weighted by atomic mass is 9.89. The fourth-order valence-electron chi connectivity index (χ4n) is 4.34. The van der Waals surface area contributed by atoms with Crippen LogP contribution in [0.1, 0.15) is 52.1 Å². The van der Waals surface area contributed by atoms with Crippen molar-refractivity contribution in [3.8, 4) is 10.4 Å². The van der Waals surface area contributed by atoms with Crippen molar-refractivity contribution in [3.05, 3.63) is 71.1 Å². The van der Waals surface area contributed by atoms with Crippen molar-refractivity contribution in [2.24, 2.45) is 0 Å². The van der Waals surface area contributed by atoms with Crippen molar-refractivity contribution in [1.29, 1.82) is 0 Å². The second-order valence-electron chi connectivity index (χ2n) is 8.32. The van der Waals surface area contributed by atoms with E-state index in [0.29, 0.717) is 28.1 Å². The normalized spacial score (nSPS) is 12.9. The summed E-state index contributed by atoms with van der Waals surface area (Å²) in [5.74, 6) is -1.64. The minimum Gasteiger partial charge on any atom is -0.462 e. The van der Waals surface area contributed by atoms with Crippen LogP contribution in [0, 0.1) is 0 Å². The summed E-state index contributed by atoms with van der Waals surface area (Å²) in [6, 6.07) is 12.8. The molecule has 1 amide bonds. The maximum Gasteiger partial charge on any atom is 0.341 e. The van der Waals surface area contributed by atoms with Crippen LogP contribution in [-0.2, 0) is 27.1 Å². The lowest BCUT2D eigenvalue weighted by molar-refractivity contribution is -0.124. The van der Waals surface area contributed by atoms with Gasteiger partial charge in [-0.1, -0.05) is 31.2 Å². The molecule has 1 atom stereocenters. The number of amides is 1. The maximum absolute atomic E-state index is 13.2. The van der Waals surface area contributed by atoms with E-state index in [4.69, 9.17) is 13.9 Å². The zero-order valence-electron chi connectivity index (χ0n) is 19.8. The molecule has 1 aliphatic rings. The number of benzene rings is 2. The molecule has 0 saturated carbocycles. The third-order valence-corrected chi connectivity index (χ3v) is 7.29. The Morgan fingerprint density at radius 2 is 1.94 bits per heavy atom.